The highest BCUT2D eigenvalue weighted by Gasteiger charge is 2.40. The van der Waals surface area contributed by atoms with E-state index in [2.05, 4.69) is 10.0 Å². The Hall–Kier alpha value is -0.820. The summed E-state index contributed by atoms with van der Waals surface area (Å²) in [4.78, 5) is 11.5. The number of rotatable bonds is 5. The maximum Gasteiger partial charge on any atom is 0.407 e. The molecule has 0 aliphatic heterocycles. The summed E-state index contributed by atoms with van der Waals surface area (Å²) in [6.45, 7) is 5.94. The van der Waals surface area contributed by atoms with Crippen LogP contribution in [-0.4, -0.2) is 37.9 Å². The van der Waals surface area contributed by atoms with Gasteiger partial charge >= 0.3 is 6.09 Å². The molecule has 0 aromatic heterocycles. The van der Waals surface area contributed by atoms with E-state index in [1.54, 1.807) is 20.8 Å². The van der Waals surface area contributed by atoms with Crippen LogP contribution in [0.4, 0.5) is 4.79 Å². The summed E-state index contributed by atoms with van der Waals surface area (Å²) < 4.78 is 31.7. The van der Waals surface area contributed by atoms with Crippen molar-refractivity contribution in [2.45, 2.75) is 63.3 Å². The Bertz CT molecular complexity index is 459. The lowest BCUT2D eigenvalue weighted by Crippen LogP contribution is -2.53. The number of hydrogen-bond acceptors (Lipinski definition) is 4. The van der Waals surface area contributed by atoms with Gasteiger partial charge in [0.25, 0.3) is 0 Å². The van der Waals surface area contributed by atoms with Gasteiger partial charge in [0.05, 0.1) is 5.25 Å². The molecule has 0 aromatic rings. The summed E-state index contributed by atoms with van der Waals surface area (Å²) in [5, 5.41) is 2.31. The summed E-state index contributed by atoms with van der Waals surface area (Å²) in [6, 6.07) is -0.104. The van der Waals surface area contributed by atoms with E-state index in [0.717, 1.165) is 12.8 Å². The Morgan fingerprint density at radius 1 is 1.25 bits per heavy atom. The number of nitrogens with one attached hydrogen (secondary N) is 2. The zero-order valence-electron chi connectivity index (χ0n) is 12.3. The van der Waals surface area contributed by atoms with Crippen LogP contribution in [0.1, 0.15) is 46.5 Å². The molecule has 0 atom stereocenters. The van der Waals surface area contributed by atoms with Crippen molar-refractivity contribution in [2.75, 3.05) is 6.54 Å². The van der Waals surface area contributed by atoms with E-state index >= 15 is 0 Å². The number of alkyl carbamates (subject to hydrolysis) is 1. The molecular formula is C13H24N2O4S. The van der Waals surface area contributed by atoms with E-state index in [-0.39, 0.29) is 11.3 Å². The second kappa shape index (κ2) is 5.52. The third-order valence-electron chi connectivity index (χ3n) is 3.52. The summed E-state index contributed by atoms with van der Waals surface area (Å²) >= 11 is 0. The quantitative estimate of drug-likeness (QED) is 0.803. The molecule has 0 bridgehead atoms. The number of carbonyl (C=O) groups excluding carboxylic acids is 1. The van der Waals surface area contributed by atoms with Gasteiger partial charge in [-0.3, -0.25) is 0 Å². The van der Waals surface area contributed by atoms with Crippen LogP contribution >= 0.6 is 0 Å². The van der Waals surface area contributed by atoms with Gasteiger partial charge in [0.2, 0.25) is 10.0 Å². The predicted octanol–water partition coefficient (Wildman–Crippen LogP) is 1.37. The Morgan fingerprint density at radius 3 is 2.35 bits per heavy atom. The number of hydrogen-bond donors (Lipinski definition) is 2. The van der Waals surface area contributed by atoms with Crippen LogP contribution in [-0.2, 0) is 14.8 Å². The molecule has 0 spiro atoms. The highest BCUT2D eigenvalue weighted by atomic mass is 32.2. The van der Waals surface area contributed by atoms with Crippen LogP contribution in [0.3, 0.4) is 0 Å². The van der Waals surface area contributed by atoms with Crippen molar-refractivity contribution < 1.29 is 17.9 Å². The minimum atomic E-state index is -3.22. The Balaban J connectivity index is 1.69. The van der Waals surface area contributed by atoms with Gasteiger partial charge in [-0.25, -0.2) is 17.9 Å². The minimum absolute atomic E-state index is 0.104. The lowest BCUT2D eigenvalue weighted by molar-refractivity contribution is 0.0480. The van der Waals surface area contributed by atoms with Crippen molar-refractivity contribution >= 4 is 16.1 Å². The number of sulfonamides is 1. The van der Waals surface area contributed by atoms with Crippen molar-refractivity contribution in [3.63, 3.8) is 0 Å². The van der Waals surface area contributed by atoms with Crippen LogP contribution in [0.15, 0.2) is 0 Å². The Kier molecular flexibility index (Phi) is 4.30. The van der Waals surface area contributed by atoms with Crippen LogP contribution in [0.5, 0.6) is 0 Å². The molecule has 0 aromatic carbocycles. The van der Waals surface area contributed by atoms with Gasteiger partial charge in [0, 0.05) is 12.6 Å². The average molecular weight is 304 g/mol. The molecule has 20 heavy (non-hydrogen) atoms. The zero-order valence-corrected chi connectivity index (χ0v) is 13.1. The van der Waals surface area contributed by atoms with Crippen LogP contribution in [0.25, 0.3) is 0 Å². The van der Waals surface area contributed by atoms with Crippen LogP contribution in [0.2, 0.25) is 0 Å². The first-order valence-corrected chi connectivity index (χ1v) is 8.68. The molecule has 2 saturated carbocycles. The van der Waals surface area contributed by atoms with Crippen molar-refractivity contribution in [1.29, 1.82) is 0 Å². The SMILES string of the molecule is CC(C)(C)OC(=O)NC1CC(S(=O)(=O)NCC2CC2)C1. The maximum atomic E-state index is 12.0. The monoisotopic (exact) mass is 304 g/mol. The van der Waals surface area contributed by atoms with Gasteiger partial charge in [-0.2, -0.15) is 0 Å². The first-order chi connectivity index (χ1) is 9.16. The first-order valence-electron chi connectivity index (χ1n) is 7.14. The van der Waals surface area contributed by atoms with Gasteiger partial charge in [-0.15, -0.1) is 0 Å². The average Bonchev–Trinajstić information content (AvgIpc) is 3.00. The summed E-state index contributed by atoms with van der Waals surface area (Å²) in [7, 11) is -3.22. The molecular weight excluding hydrogens is 280 g/mol. The molecule has 0 saturated heterocycles. The number of carbonyl (C=O) groups is 1. The summed E-state index contributed by atoms with van der Waals surface area (Å²) in [6.07, 6.45) is 2.68. The molecule has 2 fully saturated rings. The van der Waals surface area contributed by atoms with E-state index < -0.39 is 21.7 Å². The van der Waals surface area contributed by atoms with E-state index in [0.29, 0.717) is 25.3 Å². The molecule has 7 heteroatoms. The molecule has 6 nitrogen and oxygen atoms in total. The molecule has 2 aliphatic carbocycles. The van der Waals surface area contributed by atoms with Gasteiger partial charge in [0.1, 0.15) is 5.60 Å². The van der Waals surface area contributed by atoms with E-state index in [9.17, 15) is 13.2 Å². The maximum absolute atomic E-state index is 12.0. The molecule has 116 valence electrons. The van der Waals surface area contributed by atoms with Crippen LogP contribution in [0, 0.1) is 5.92 Å². The van der Waals surface area contributed by atoms with Gasteiger partial charge in [0.15, 0.2) is 0 Å². The van der Waals surface area contributed by atoms with E-state index in [1.165, 1.54) is 0 Å². The fraction of sp³-hybridized carbons (Fsp3) is 0.923. The largest absolute Gasteiger partial charge is 0.444 e. The molecule has 1 amide bonds. The molecule has 0 radical (unpaired) electrons. The molecule has 2 rings (SSSR count). The molecule has 2 N–H and O–H groups in total. The van der Waals surface area contributed by atoms with E-state index in [4.69, 9.17) is 4.74 Å². The normalized spacial score (nSPS) is 26.8. The highest BCUT2D eigenvalue weighted by molar-refractivity contribution is 7.90. The fourth-order valence-corrected chi connectivity index (χ4v) is 3.76. The highest BCUT2D eigenvalue weighted by Crippen LogP contribution is 2.30. The van der Waals surface area contributed by atoms with Crippen LogP contribution < -0.4 is 10.0 Å². The summed E-state index contributed by atoms with van der Waals surface area (Å²) in [5.41, 5.74) is -0.537. The number of amides is 1. The van der Waals surface area contributed by atoms with E-state index in [1.807, 2.05) is 0 Å². The van der Waals surface area contributed by atoms with Gasteiger partial charge in [-0.1, -0.05) is 0 Å². The fourth-order valence-electron chi connectivity index (χ4n) is 2.08. The molecule has 0 heterocycles. The minimum Gasteiger partial charge on any atom is -0.444 e. The second-order valence-corrected chi connectivity index (χ2v) is 8.82. The predicted molar refractivity (Wildman–Crippen MR) is 75.8 cm³/mol. The third-order valence-corrected chi connectivity index (χ3v) is 5.36. The van der Waals surface area contributed by atoms with Crippen molar-refractivity contribution in [3.8, 4) is 0 Å². The first kappa shape index (κ1) is 15.6. The Morgan fingerprint density at radius 2 is 1.85 bits per heavy atom. The standard InChI is InChI=1S/C13H24N2O4S/c1-13(2,3)19-12(16)15-10-6-11(7-10)20(17,18)14-8-9-4-5-9/h9-11,14H,4-8H2,1-3H3,(H,15,16). The smallest absolute Gasteiger partial charge is 0.407 e. The van der Waals surface area contributed by atoms with Gasteiger partial charge in [-0.05, 0) is 52.4 Å². The van der Waals surface area contributed by atoms with Crippen molar-refractivity contribution in [1.82, 2.24) is 10.0 Å². The topological polar surface area (TPSA) is 84.5 Å². The summed E-state index contributed by atoms with van der Waals surface area (Å²) in [5.74, 6) is 0.528. The zero-order chi connectivity index (χ0) is 15.0. The van der Waals surface area contributed by atoms with Gasteiger partial charge < -0.3 is 10.1 Å². The van der Waals surface area contributed by atoms with Crippen molar-refractivity contribution in [2.24, 2.45) is 5.92 Å². The van der Waals surface area contributed by atoms with Crippen molar-refractivity contribution in [3.05, 3.63) is 0 Å². The molecule has 2 aliphatic rings. The Labute approximate surface area is 120 Å². The lowest BCUT2D eigenvalue weighted by Gasteiger charge is -2.35. The second-order valence-electron chi connectivity index (χ2n) is 6.77. The third kappa shape index (κ3) is 4.63. The lowest BCUT2D eigenvalue weighted by atomic mass is 9.92. The number of ether oxygens (including phenoxy) is 1. The molecule has 0 unspecified atom stereocenters.